The summed E-state index contributed by atoms with van der Waals surface area (Å²) in [7, 11) is 2.07. The van der Waals surface area contributed by atoms with Gasteiger partial charge in [-0.1, -0.05) is 72.7 Å². The lowest BCUT2D eigenvalue weighted by atomic mass is 9.77. The van der Waals surface area contributed by atoms with Crippen molar-refractivity contribution >= 4 is 0 Å². The minimum atomic E-state index is 0.270. The Labute approximate surface area is 132 Å². The zero-order valence-corrected chi connectivity index (χ0v) is 15.4. The van der Waals surface area contributed by atoms with Gasteiger partial charge in [0, 0.05) is 6.04 Å². The van der Waals surface area contributed by atoms with Crippen LogP contribution >= 0.6 is 0 Å². The van der Waals surface area contributed by atoms with Gasteiger partial charge in [-0.25, -0.2) is 0 Å². The third kappa shape index (κ3) is 4.85. The largest absolute Gasteiger partial charge is 0.313 e. The molecule has 0 saturated heterocycles. The Hall–Kier alpha value is -0.820. The molecule has 0 heterocycles. The highest BCUT2D eigenvalue weighted by Crippen LogP contribution is 2.34. The van der Waals surface area contributed by atoms with Gasteiger partial charge in [0.25, 0.3) is 0 Å². The molecule has 0 saturated carbocycles. The number of hydrogen-bond acceptors (Lipinski definition) is 1. The molecular weight excluding hydrogens is 254 g/mol. The first-order valence-corrected chi connectivity index (χ1v) is 8.39. The minimum Gasteiger partial charge on any atom is -0.313 e. The van der Waals surface area contributed by atoms with E-state index in [0.29, 0.717) is 17.4 Å². The van der Waals surface area contributed by atoms with Crippen LogP contribution in [0.15, 0.2) is 24.3 Å². The highest BCUT2D eigenvalue weighted by Gasteiger charge is 2.24. The molecule has 0 aromatic heterocycles. The molecule has 0 radical (unpaired) electrons. The molecule has 1 N–H and O–H groups in total. The van der Waals surface area contributed by atoms with Gasteiger partial charge in [0.15, 0.2) is 0 Å². The number of hydrogen-bond donors (Lipinski definition) is 1. The van der Waals surface area contributed by atoms with E-state index < -0.39 is 0 Å². The zero-order valence-electron chi connectivity index (χ0n) is 15.4. The average Bonchev–Trinajstić information content (AvgIpc) is 2.43. The number of nitrogens with one attached hydrogen (secondary N) is 1. The zero-order chi connectivity index (χ0) is 16.3. The van der Waals surface area contributed by atoms with E-state index in [-0.39, 0.29) is 5.41 Å². The lowest BCUT2D eigenvalue weighted by Gasteiger charge is -2.31. The van der Waals surface area contributed by atoms with Gasteiger partial charge in [-0.05, 0) is 47.8 Å². The molecule has 1 aromatic carbocycles. The summed E-state index contributed by atoms with van der Waals surface area (Å²) in [5.74, 6) is 0.682. The van der Waals surface area contributed by atoms with E-state index in [1.807, 2.05) is 0 Å². The van der Waals surface area contributed by atoms with E-state index in [2.05, 4.69) is 85.1 Å². The van der Waals surface area contributed by atoms with Crippen LogP contribution in [0.1, 0.15) is 78.5 Å². The standard InChI is InChI=1S/C20H35N/c1-9-20(6,7)17-12-10-16(11-13-17)18(21-8)14-15(2)19(3,4)5/h10-13,15,18,21H,9,14H2,1-8H3. The van der Waals surface area contributed by atoms with Gasteiger partial charge in [-0.2, -0.15) is 0 Å². The van der Waals surface area contributed by atoms with Gasteiger partial charge in [-0.3, -0.25) is 0 Å². The predicted molar refractivity (Wildman–Crippen MR) is 94.8 cm³/mol. The SMILES string of the molecule is CCC(C)(C)c1ccc(C(CC(C)C(C)(C)C)NC)cc1. The number of rotatable bonds is 6. The summed E-state index contributed by atoms with van der Waals surface area (Å²) in [4.78, 5) is 0. The van der Waals surface area contributed by atoms with Crippen molar-refractivity contribution in [3.63, 3.8) is 0 Å². The Balaban J connectivity index is 2.88. The number of benzene rings is 1. The van der Waals surface area contributed by atoms with Crippen molar-refractivity contribution in [1.29, 1.82) is 0 Å². The molecule has 1 aromatic rings. The highest BCUT2D eigenvalue weighted by molar-refractivity contribution is 5.29. The van der Waals surface area contributed by atoms with Gasteiger partial charge in [0.05, 0.1) is 0 Å². The van der Waals surface area contributed by atoms with Crippen LogP contribution in [-0.2, 0) is 5.41 Å². The maximum Gasteiger partial charge on any atom is 0.0320 e. The second kappa shape index (κ2) is 6.96. The molecule has 0 spiro atoms. The summed E-state index contributed by atoms with van der Waals surface area (Å²) >= 11 is 0. The summed E-state index contributed by atoms with van der Waals surface area (Å²) in [6, 6.07) is 9.68. The van der Waals surface area contributed by atoms with Crippen LogP contribution in [0.4, 0.5) is 0 Å². The Kier molecular flexibility index (Phi) is 6.04. The van der Waals surface area contributed by atoms with Gasteiger partial charge in [0.2, 0.25) is 0 Å². The Bertz CT molecular complexity index is 422. The van der Waals surface area contributed by atoms with Crippen molar-refractivity contribution in [3.05, 3.63) is 35.4 Å². The summed E-state index contributed by atoms with van der Waals surface area (Å²) in [6.45, 7) is 16.2. The van der Waals surface area contributed by atoms with E-state index >= 15 is 0 Å². The third-order valence-corrected chi connectivity index (χ3v) is 5.39. The molecule has 1 nitrogen and oxygen atoms in total. The van der Waals surface area contributed by atoms with Gasteiger partial charge in [-0.15, -0.1) is 0 Å². The third-order valence-electron chi connectivity index (χ3n) is 5.39. The Morgan fingerprint density at radius 3 is 1.90 bits per heavy atom. The van der Waals surface area contributed by atoms with Crippen LogP contribution in [-0.4, -0.2) is 7.05 Å². The van der Waals surface area contributed by atoms with Crippen LogP contribution < -0.4 is 5.32 Å². The molecule has 2 unspecified atom stereocenters. The van der Waals surface area contributed by atoms with Gasteiger partial charge in [0.1, 0.15) is 0 Å². The fourth-order valence-corrected chi connectivity index (χ4v) is 2.50. The van der Waals surface area contributed by atoms with E-state index in [0.717, 1.165) is 0 Å². The smallest absolute Gasteiger partial charge is 0.0320 e. The van der Waals surface area contributed by atoms with Crippen LogP contribution in [0.3, 0.4) is 0 Å². The Morgan fingerprint density at radius 2 is 1.52 bits per heavy atom. The van der Waals surface area contributed by atoms with E-state index in [9.17, 15) is 0 Å². The predicted octanol–water partition coefficient (Wildman–Crippen LogP) is 5.71. The van der Waals surface area contributed by atoms with Crippen LogP contribution in [0.5, 0.6) is 0 Å². The summed E-state index contributed by atoms with van der Waals surface area (Å²) in [6.07, 6.45) is 2.35. The van der Waals surface area contributed by atoms with E-state index in [1.54, 1.807) is 0 Å². The maximum absolute atomic E-state index is 3.49. The molecule has 1 heteroatoms. The molecular formula is C20H35N. The molecule has 0 aliphatic rings. The van der Waals surface area contributed by atoms with E-state index in [1.165, 1.54) is 24.0 Å². The summed E-state index contributed by atoms with van der Waals surface area (Å²) < 4.78 is 0. The van der Waals surface area contributed by atoms with Crippen LogP contribution in [0, 0.1) is 11.3 Å². The normalized spacial score (nSPS) is 15.8. The van der Waals surface area contributed by atoms with Gasteiger partial charge >= 0.3 is 0 Å². The van der Waals surface area contributed by atoms with Gasteiger partial charge < -0.3 is 5.32 Å². The van der Waals surface area contributed by atoms with Crippen molar-refractivity contribution in [2.75, 3.05) is 7.05 Å². The molecule has 120 valence electrons. The average molecular weight is 290 g/mol. The quantitative estimate of drug-likeness (QED) is 0.707. The molecule has 0 aliphatic carbocycles. The second-order valence-electron chi connectivity index (χ2n) is 8.20. The molecule has 21 heavy (non-hydrogen) atoms. The van der Waals surface area contributed by atoms with E-state index in [4.69, 9.17) is 0 Å². The molecule has 2 atom stereocenters. The Morgan fingerprint density at radius 1 is 1.00 bits per heavy atom. The minimum absolute atomic E-state index is 0.270. The summed E-state index contributed by atoms with van der Waals surface area (Å²) in [5, 5.41) is 3.49. The highest BCUT2D eigenvalue weighted by atomic mass is 14.9. The van der Waals surface area contributed by atoms with Crippen LogP contribution in [0.2, 0.25) is 0 Å². The van der Waals surface area contributed by atoms with Crippen molar-refractivity contribution < 1.29 is 0 Å². The fourth-order valence-electron chi connectivity index (χ4n) is 2.50. The van der Waals surface area contributed by atoms with Crippen molar-refractivity contribution in [3.8, 4) is 0 Å². The first-order chi connectivity index (χ1) is 9.61. The maximum atomic E-state index is 3.49. The lowest BCUT2D eigenvalue weighted by molar-refractivity contribution is 0.226. The van der Waals surface area contributed by atoms with Crippen molar-refractivity contribution in [2.24, 2.45) is 11.3 Å². The molecule has 1 rings (SSSR count). The first kappa shape index (κ1) is 18.2. The second-order valence-corrected chi connectivity index (χ2v) is 8.20. The lowest BCUT2D eigenvalue weighted by Crippen LogP contribution is -2.25. The summed E-state index contributed by atoms with van der Waals surface area (Å²) in [5.41, 5.74) is 3.47. The molecule has 0 aliphatic heterocycles. The van der Waals surface area contributed by atoms with Crippen LogP contribution in [0.25, 0.3) is 0 Å². The monoisotopic (exact) mass is 289 g/mol. The van der Waals surface area contributed by atoms with Crippen molar-refractivity contribution in [2.45, 2.75) is 72.8 Å². The molecule has 0 fully saturated rings. The topological polar surface area (TPSA) is 12.0 Å². The first-order valence-electron chi connectivity index (χ1n) is 8.39. The molecule has 0 bridgehead atoms. The van der Waals surface area contributed by atoms with Crippen molar-refractivity contribution in [1.82, 2.24) is 5.32 Å². The fraction of sp³-hybridized carbons (Fsp3) is 0.700. The molecule has 0 amide bonds.